The molecule has 0 bridgehead atoms. The Bertz CT molecular complexity index is 418. The van der Waals surface area contributed by atoms with Crippen LogP contribution < -0.4 is 5.32 Å². The van der Waals surface area contributed by atoms with Crippen LogP contribution in [0, 0.1) is 0 Å². The summed E-state index contributed by atoms with van der Waals surface area (Å²) in [4.78, 5) is 7.37. The van der Waals surface area contributed by atoms with E-state index in [-0.39, 0.29) is 0 Å². The van der Waals surface area contributed by atoms with Crippen LogP contribution in [0.5, 0.6) is 0 Å². The molecule has 0 radical (unpaired) electrons. The van der Waals surface area contributed by atoms with Crippen molar-refractivity contribution in [1.29, 1.82) is 0 Å². The zero-order valence-corrected chi connectivity index (χ0v) is 8.99. The highest BCUT2D eigenvalue weighted by molar-refractivity contribution is 5.73. The minimum absolute atomic E-state index is 0.418. The van der Waals surface area contributed by atoms with E-state index >= 15 is 0 Å². The van der Waals surface area contributed by atoms with Crippen molar-refractivity contribution >= 4 is 5.69 Å². The van der Waals surface area contributed by atoms with Gasteiger partial charge in [-0.05, 0) is 26.0 Å². The van der Waals surface area contributed by atoms with E-state index in [1.165, 1.54) is 0 Å². The number of aromatic nitrogens is 2. The Kier molecular flexibility index (Phi) is 2.72. The van der Waals surface area contributed by atoms with Crippen molar-refractivity contribution in [1.82, 2.24) is 9.97 Å². The van der Waals surface area contributed by atoms with Crippen LogP contribution in [0.25, 0.3) is 11.4 Å². The monoisotopic (exact) mass is 201 g/mol. The second-order valence-corrected chi connectivity index (χ2v) is 3.78. The standard InChI is InChI=1S/C12H15N3/c1-9(2)15-11-6-4-3-5-10(11)12-13-7-8-14-12/h3-9,15H,1-2H3,(H,13,14). The van der Waals surface area contributed by atoms with Crippen molar-refractivity contribution < 1.29 is 0 Å². The molecule has 0 aliphatic rings. The van der Waals surface area contributed by atoms with Crippen molar-refractivity contribution in [3.8, 4) is 11.4 Å². The number of aromatic amines is 1. The van der Waals surface area contributed by atoms with Gasteiger partial charge in [0.2, 0.25) is 0 Å². The van der Waals surface area contributed by atoms with E-state index in [1.807, 2.05) is 18.3 Å². The Balaban J connectivity index is 2.38. The summed E-state index contributed by atoms with van der Waals surface area (Å²) < 4.78 is 0. The molecule has 0 spiro atoms. The largest absolute Gasteiger partial charge is 0.382 e. The van der Waals surface area contributed by atoms with Gasteiger partial charge in [0.1, 0.15) is 5.82 Å². The van der Waals surface area contributed by atoms with Crippen LogP contribution in [-0.2, 0) is 0 Å². The maximum absolute atomic E-state index is 4.26. The van der Waals surface area contributed by atoms with E-state index in [0.29, 0.717) is 6.04 Å². The zero-order valence-electron chi connectivity index (χ0n) is 8.99. The number of nitrogens with one attached hydrogen (secondary N) is 2. The van der Waals surface area contributed by atoms with Gasteiger partial charge in [0.15, 0.2) is 0 Å². The summed E-state index contributed by atoms with van der Waals surface area (Å²) in [6, 6.07) is 8.59. The predicted molar refractivity (Wildman–Crippen MR) is 62.8 cm³/mol. The molecule has 1 aromatic carbocycles. The molecule has 0 fully saturated rings. The van der Waals surface area contributed by atoms with Gasteiger partial charge in [-0.15, -0.1) is 0 Å². The van der Waals surface area contributed by atoms with E-state index < -0.39 is 0 Å². The average molecular weight is 201 g/mol. The second-order valence-electron chi connectivity index (χ2n) is 3.78. The van der Waals surface area contributed by atoms with E-state index in [9.17, 15) is 0 Å². The molecule has 2 aromatic rings. The first-order valence-corrected chi connectivity index (χ1v) is 5.12. The van der Waals surface area contributed by atoms with Crippen LogP contribution in [-0.4, -0.2) is 16.0 Å². The Morgan fingerprint density at radius 2 is 2.07 bits per heavy atom. The number of imidazole rings is 1. The second kappa shape index (κ2) is 4.17. The molecule has 0 saturated heterocycles. The fourth-order valence-corrected chi connectivity index (χ4v) is 1.54. The summed E-state index contributed by atoms with van der Waals surface area (Å²) >= 11 is 0. The summed E-state index contributed by atoms with van der Waals surface area (Å²) in [5, 5.41) is 3.40. The maximum Gasteiger partial charge on any atom is 0.139 e. The lowest BCUT2D eigenvalue weighted by molar-refractivity contribution is 0.900. The number of hydrogen-bond donors (Lipinski definition) is 2. The summed E-state index contributed by atoms with van der Waals surface area (Å²) in [7, 11) is 0. The predicted octanol–water partition coefficient (Wildman–Crippen LogP) is 2.90. The van der Waals surface area contributed by atoms with Crippen LogP contribution in [0.15, 0.2) is 36.7 Å². The van der Waals surface area contributed by atoms with Gasteiger partial charge in [-0.25, -0.2) is 4.98 Å². The van der Waals surface area contributed by atoms with Gasteiger partial charge in [-0.3, -0.25) is 0 Å². The van der Waals surface area contributed by atoms with Gasteiger partial charge in [-0.1, -0.05) is 12.1 Å². The molecule has 0 atom stereocenters. The maximum atomic E-state index is 4.26. The Morgan fingerprint density at radius 3 is 2.73 bits per heavy atom. The number of rotatable bonds is 3. The van der Waals surface area contributed by atoms with E-state index in [4.69, 9.17) is 0 Å². The number of hydrogen-bond acceptors (Lipinski definition) is 2. The fraction of sp³-hybridized carbons (Fsp3) is 0.250. The van der Waals surface area contributed by atoms with Gasteiger partial charge in [0.05, 0.1) is 0 Å². The summed E-state index contributed by atoms with van der Waals surface area (Å²) in [5.74, 6) is 0.902. The molecule has 2 N–H and O–H groups in total. The van der Waals surface area contributed by atoms with Crippen LogP contribution in [0.2, 0.25) is 0 Å². The molecule has 15 heavy (non-hydrogen) atoms. The van der Waals surface area contributed by atoms with Crippen LogP contribution in [0.4, 0.5) is 5.69 Å². The highest BCUT2D eigenvalue weighted by atomic mass is 14.9. The molecule has 3 heteroatoms. The summed E-state index contributed by atoms with van der Waals surface area (Å²) in [6.45, 7) is 4.25. The molecule has 0 saturated carbocycles. The number of para-hydroxylation sites is 1. The first-order valence-electron chi connectivity index (χ1n) is 5.12. The van der Waals surface area contributed by atoms with Crippen molar-refractivity contribution in [2.24, 2.45) is 0 Å². The lowest BCUT2D eigenvalue weighted by atomic mass is 10.1. The van der Waals surface area contributed by atoms with Crippen molar-refractivity contribution in [2.45, 2.75) is 19.9 Å². The summed E-state index contributed by atoms with van der Waals surface area (Å²) in [5.41, 5.74) is 2.22. The van der Waals surface area contributed by atoms with Gasteiger partial charge in [-0.2, -0.15) is 0 Å². The van der Waals surface area contributed by atoms with Gasteiger partial charge in [0, 0.05) is 29.7 Å². The Labute approximate surface area is 89.6 Å². The molecule has 3 nitrogen and oxygen atoms in total. The van der Waals surface area contributed by atoms with E-state index in [0.717, 1.165) is 17.1 Å². The van der Waals surface area contributed by atoms with Crippen LogP contribution >= 0.6 is 0 Å². The van der Waals surface area contributed by atoms with Crippen molar-refractivity contribution in [3.05, 3.63) is 36.7 Å². The number of benzene rings is 1. The minimum Gasteiger partial charge on any atom is -0.382 e. The normalized spacial score (nSPS) is 10.6. The lowest BCUT2D eigenvalue weighted by Crippen LogP contribution is -2.10. The molecule has 78 valence electrons. The average Bonchev–Trinajstić information content (AvgIpc) is 2.70. The quantitative estimate of drug-likeness (QED) is 0.801. The molecule has 1 aromatic heterocycles. The number of nitrogens with zero attached hydrogens (tertiary/aromatic N) is 1. The third kappa shape index (κ3) is 2.18. The topological polar surface area (TPSA) is 40.7 Å². The van der Waals surface area contributed by atoms with Crippen molar-refractivity contribution in [2.75, 3.05) is 5.32 Å². The highest BCUT2D eigenvalue weighted by Gasteiger charge is 2.06. The van der Waals surface area contributed by atoms with Gasteiger partial charge in [0.25, 0.3) is 0 Å². The first-order chi connectivity index (χ1) is 7.27. The molecule has 0 amide bonds. The number of H-pyrrole nitrogens is 1. The molecular formula is C12H15N3. The highest BCUT2D eigenvalue weighted by Crippen LogP contribution is 2.24. The Hall–Kier alpha value is -1.77. The van der Waals surface area contributed by atoms with Gasteiger partial charge < -0.3 is 10.3 Å². The summed E-state index contributed by atoms with van der Waals surface area (Å²) in [6.07, 6.45) is 3.60. The minimum atomic E-state index is 0.418. The number of anilines is 1. The van der Waals surface area contributed by atoms with Crippen molar-refractivity contribution in [3.63, 3.8) is 0 Å². The van der Waals surface area contributed by atoms with Crippen LogP contribution in [0.1, 0.15) is 13.8 Å². The smallest absolute Gasteiger partial charge is 0.139 e. The first kappa shape index (κ1) is 9.77. The van der Waals surface area contributed by atoms with E-state index in [2.05, 4.69) is 41.3 Å². The third-order valence-corrected chi connectivity index (χ3v) is 2.12. The van der Waals surface area contributed by atoms with Crippen LogP contribution in [0.3, 0.4) is 0 Å². The molecule has 0 unspecified atom stereocenters. The molecule has 0 aliphatic heterocycles. The Morgan fingerprint density at radius 1 is 1.27 bits per heavy atom. The lowest BCUT2D eigenvalue weighted by Gasteiger charge is -2.13. The zero-order chi connectivity index (χ0) is 10.7. The van der Waals surface area contributed by atoms with E-state index in [1.54, 1.807) is 6.20 Å². The third-order valence-electron chi connectivity index (χ3n) is 2.12. The molecular weight excluding hydrogens is 186 g/mol. The molecule has 2 rings (SSSR count). The fourth-order valence-electron chi connectivity index (χ4n) is 1.54. The molecule has 1 heterocycles. The van der Waals surface area contributed by atoms with Gasteiger partial charge >= 0.3 is 0 Å². The molecule has 0 aliphatic carbocycles. The SMILES string of the molecule is CC(C)Nc1ccccc1-c1ncc[nH]1.